The molecule has 2 aromatic rings. The van der Waals surface area contributed by atoms with Gasteiger partial charge in [-0.05, 0) is 6.07 Å². The predicted octanol–water partition coefficient (Wildman–Crippen LogP) is 1.30. The fourth-order valence-electron chi connectivity index (χ4n) is 1.88. The molecule has 0 spiro atoms. The summed E-state index contributed by atoms with van der Waals surface area (Å²) in [5.74, 6) is 2.01. The van der Waals surface area contributed by atoms with E-state index in [-0.39, 0.29) is 24.7 Å². The van der Waals surface area contributed by atoms with Gasteiger partial charge in [-0.15, -0.1) is 6.42 Å². The number of para-hydroxylation sites is 1. The number of hydrogen-bond donors (Lipinski definition) is 1. The number of hydrogen-bond acceptors (Lipinski definition) is 3. The smallest absolute Gasteiger partial charge is 0.293 e. The molecule has 6 heteroatoms. The van der Waals surface area contributed by atoms with Gasteiger partial charge in [0.2, 0.25) is 5.91 Å². The SMILES string of the molecule is C#CCNC(=O)Cn1ccc2cccc([N+](=O)[O-])c21. The average Bonchev–Trinajstić information content (AvgIpc) is 2.79. The van der Waals surface area contributed by atoms with Crippen LogP contribution in [0.4, 0.5) is 5.69 Å². The molecule has 1 aromatic heterocycles. The minimum Gasteiger partial charge on any atom is -0.344 e. The van der Waals surface area contributed by atoms with Gasteiger partial charge in [0, 0.05) is 17.6 Å². The zero-order chi connectivity index (χ0) is 13.8. The van der Waals surface area contributed by atoms with Gasteiger partial charge in [0.25, 0.3) is 5.69 Å². The van der Waals surface area contributed by atoms with Crippen LogP contribution in [0.25, 0.3) is 10.9 Å². The number of rotatable bonds is 4. The third-order valence-electron chi connectivity index (χ3n) is 2.67. The molecule has 0 bridgehead atoms. The number of amides is 1. The monoisotopic (exact) mass is 257 g/mol. The second kappa shape index (κ2) is 5.23. The summed E-state index contributed by atoms with van der Waals surface area (Å²) in [6.07, 6.45) is 6.69. The number of terminal acetylenes is 1. The van der Waals surface area contributed by atoms with E-state index in [1.807, 2.05) is 0 Å². The van der Waals surface area contributed by atoms with Gasteiger partial charge >= 0.3 is 0 Å². The summed E-state index contributed by atoms with van der Waals surface area (Å²) in [5.41, 5.74) is 0.413. The van der Waals surface area contributed by atoms with E-state index in [4.69, 9.17) is 6.42 Å². The van der Waals surface area contributed by atoms with E-state index in [2.05, 4.69) is 11.2 Å². The zero-order valence-electron chi connectivity index (χ0n) is 10.00. The minimum absolute atomic E-state index is 0.00394. The Labute approximate surface area is 109 Å². The summed E-state index contributed by atoms with van der Waals surface area (Å²) in [5, 5.41) is 14.2. The lowest BCUT2D eigenvalue weighted by Gasteiger charge is -2.05. The van der Waals surface area contributed by atoms with Crippen LogP contribution >= 0.6 is 0 Å². The third kappa shape index (κ3) is 2.55. The van der Waals surface area contributed by atoms with Gasteiger partial charge in [-0.3, -0.25) is 14.9 Å². The molecule has 2 rings (SSSR count). The second-order valence-electron chi connectivity index (χ2n) is 3.90. The highest BCUT2D eigenvalue weighted by Gasteiger charge is 2.16. The van der Waals surface area contributed by atoms with Crippen molar-refractivity contribution in [3.05, 3.63) is 40.6 Å². The van der Waals surface area contributed by atoms with E-state index in [1.165, 1.54) is 6.07 Å². The average molecular weight is 257 g/mol. The molecule has 1 amide bonds. The molecule has 19 heavy (non-hydrogen) atoms. The molecule has 96 valence electrons. The molecule has 0 aliphatic heterocycles. The van der Waals surface area contributed by atoms with Crippen molar-refractivity contribution >= 4 is 22.5 Å². The summed E-state index contributed by atoms with van der Waals surface area (Å²) < 4.78 is 1.54. The summed E-state index contributed by atoms with van der Waals surface area (Å²) in [4.78, 5) is 22.1. The van der Waals surface area contributed by atoms with Gasteiger partial charge in [0.1, 0.15) is 12.1 Å². The fourth-order valence-corrected chi connectivity index (χ4v) is 1.88. The highest BCUT2D eigenvalue weighted by Crippen LogP contribution is 2.26. The summed E-state index contributed by atoms with van der Waals surface area (Å²) in [6.45, 7) is 0.135. The number of carbonyl (C=O) groups is 1. The topological polar surface area (TPSA) is 77.2 Å². The van der Waals surface area contributed by atoms with Crippen LogP contribution < -0.4 is 5.32 Å². The van der Waals surface area contributed by atoms with Crippen molar-refractivity contribution in [1.82, 2.24) is 9.88 Å². The number of aromatic nitrogens is 1. The molecule has 0 saturated heterocycles. The largest absolute Gasteiger partial charge is 0.344 e. The van der Waals surface area contributed by atoms with Crippen molar-refractivity contribution < 1.29 is 9.72 Å². The van der Waals surface area contributed by atoms with Crippen LogP contribution in [0.5, 0.6) is 0 Å². The predicted molar refractivity (Wildman–Crippen MR) is 70.4 cm³/mol. The Hall–Kier alpha value is -2.81. The van der Waals surface area contributed by atoms with E-state index >= 15 is 0 Å². The zero-order valence-corrected chi connectivity index (χ0v) is 10.00. The molecule has 0 aliphatic carbocycles. The molecule has 0 fully saturated rings. The lowest BCUT2D eigenvalue weighted by Crippen LogP contribution is -2.27. The Morgan fingerprint density at radius 1 is 1.47 bits per heavy atom. The highest BCUT2D eigenvalue weighted by molar-refractivity contribution is 5.90. The molecule has 1 N–H and O–H groups in total. The van der Waals surface area contributed by atoms with Crippen molar-refractivity contribution in [3.8, 4) is 12.3 Å². The summed E-state index contributed by atoms with van der Waals surface area (Å²) in [7, 11) is 0. The maximum atomic E-state index is 11.6. The molecular formula is C13H11N3O3. The van der Waals surface area contributed by atoms with E-state index in [0.717, 1.165) is 5.39 Å². The Morgan fingerprint density at radius 3 is 2.95 bits per heavy atom. The highest BCUT2D eigenvalue weighted by atomic mass is 16.6. The first-order valence-corrected chi connectivity index (χ1v) is 5.56. The van der Waals surface area contributed by atoms with Crippen LogP contribution in [0.2, 0.25) is 0 Å². The molecular weight excluding hydrogens is 246 g/mol. The van der Waals surface area contributed by atoms with Crippen molar-refractivity contribution in [2.45, 2.75) is 6.54 Å². The van der Waals surface area contributed by atoms with Crippen LogP contribution in [0.15, 0.2) is 30.5 Å². The third-order valence-corrected chi connectivity index (χ3v) is 2.67. The fraction of sp³-hybridized carbons (Fsp3) is 0.154. The molecule has 0 saturated carbocycles. The van der Waals surface area contributed by atoms with Crippen molar-refractivity contribution in [2.75, 3.05) is 6.54 Å². The number of carbonyl (C=O) groups excluding carboxylic acids is 1. The number of nitrogens with one attached hydrogen (secondary N) is 1. The van der Waals surface area contributed by atoms with Crippen LogP contribution in [0, 0.1) is 22.5 Å². The first-order valence-electron chi connectivity index (χ1n) is 5.56. The van der Waals surface area contributed by atoms with Gasteiger partial charge < -0.3 is 9.88 Å². The van der Waals surface area contributed by atoms with Crippen LogP contribution in [-0.2, 0) is 11.3 Å². The first kappa shape index (κ1) is 12.6. The van der Waals surface area contributed by atoms with Crippen LogP contribution in [0.1, 0.15) is 0 Å². The van der Waals surface area contributed by atoms with Gasteiger partial charge in [-0.2, -0.15) is 0 Å². The number of benzene rings is 1. The van der Waals surface area contributed by atoms with E-state index in [0.29, 0.717) is 5.52 Å². The Kier molecular flexibility index (Phi) is 3.48. The Balaban J connectivity index is 2.37. The van der Waals surface area contributed by atoms with Crippen LogP contribution in [-0.4, -0.2) is 21.9 Å². The van der Waals surface area contributed by atoms with Crippen LogP contribution in [0.3, 0.4) is 0 Å². The van der Waals surface area contributed by atoms with Gasteiger partial charge in [0.05, 0.1) is 11.5 Å². The quantitative estimate of drug-likeness (QED) is 0.509. The first-order chi connectivity index (χ1) is 9.13. The maximum Gasteiger partial charge on any atom is 0.293 e. The molecule has 0 unspecified atom stereocenters. The lowest BCUT2D eigenvalue weighted by molar-refractivity contribution is -0.383. The van der Waals surface area contributed by atoms with Gasteiger partial charge in [-0.25, -0.2) is 0 Å². The van der Waals surface area contributed by atoms with E-state index in [1.54, 1.807) is 29.0 Å². The molecule has 0 radical (unpaired) electrons. The Bertz CT molecular complexity index is 682. The van der Waals surface area contributed by atoms with Gasteiger partial charge in [-0.1, -0.05) is 18.1 Å². The minimum atomic E-state index is -0.460. The standard InChI is InChI=1S/C13H11N3O3/c1-2-7-14-12(17)9-15-8-6-10-4-3-5-11(13(10)15)16(18)19/h1,3-6,8H,7,9H2,(H,14,17). The van der Waals surface area contributed by atoms with Crippen molar-refractivity contribution in [3.63, 3.8) is 0 Å². The maximum absolute atomic E-state index is 11.6. The lowest BCUT2D eigenvalue weighted by atomic mass is 10.2. The molecule has 6 nitrogen and oxygen atoms in total. The van der Waals surface area contributed by atoms with E-state index in [9.17, 15) is 14.9 Å². The number of non-ortho nitro benzene ring substituents is 1. The molecule has 0 aliphatic rings. The van der Waals surface area contributed by atoms with Crippen molar-refractivity contribution in [2.24, 2.45) is 0 Å². The summed E-state index contributed by atoms with van der Waals surface area (Å²) >= 11 is 0. The molecule has 1 aromatic carbocycles. The Morgan fingerprint density at radius 2 is 2.26 bits per heavy atom. The molecule has 1 heterocycles. The van der Waals surface area contributed by atoms with Gasteiger partial charge in [0.15, 0.2) is 0 Å². The van der Waals surface area contributed by atoms with E-state index < -0.39 is 4.92 Å². The number of nitrogens with zero attached hydrogens (tertiary/aromatic N) is 2. The normalized spacial score (nSPS) is 10.1. The van der Waals surface area contributed by atoms with Crippen molar-refractivity contribution in [1.29, 1.82) is 0 Å². The summed E-state index contributed by atoms with van der Waals surface area (Å²) in [6, 6.07) is 6.52. The molecule has 0 atom stereocenters. The second-order valence-corrected chi connectivity index (χ2v) is 3.90. The number of nitro groups is 1. The number of nitro benzene ring substituents is 1. The number of fused-ring (bicyclic) bond motifs is 1.